The molecular weight excluding hydrogens is 511 g/mol. The number of fused-ring (bicyclic) bond motifs is 1. The van der Waals surface area contributed by atoms with E-state index in [1.165, 1.54) is 28.8 Å². The van der Waals surface area contributed by atoms with Crippen molar-refractivity contribution in [3.8, 4) is 5.69 Å². The Morgan fingerprint density at radius 2 is 2.11 bits per heavy atom. The summed E-state index contributed by atoms with van der Waals surface area (Å²) in [6.07, 6.45) is 1.90. The van der Waals surface area contributed by atoms with Crippen LogP contribution in [0.4, 0.5) is 10.2 Å². The molecule has 7 nitrogen and oxygen atoms in total. The number of ether oxygens (including phenoxy) is 1. The molecule has 1 saturated heterocycles. The van der Waals surface area contributed by atoms with Crippen molar-refractivity contribution >= 4 is 40.7 Å². The number of hydrogen-bond acceptors (Lipinski definition) is 6. The number of amides is 2. The maximum atomic E-state index is 14.3. The molecule has 2 aromatic heterocycles. The molecule has 2 amide bonds. The van der Waals surface area contributed by atoms with Crippen LogP contribution < -0.4 is 10.2 Å². The highest BCUT2D eigenvalue weighted by Gasteiger charge is 2.40. The standard InChI is InChI=1S/C27H31FN4O3S2/c1-27(2,3)25-23-24(20-10-6-12-36-20)37-16-22(34)31(15-21(33)29-14-19-9-5-11-35-19)26(23)32(30-25)18-8-4-7-17(28)13-18/h4,6-8,10,12-13,19,24H,5,9,11,14-16H2,1-3H3,(H,29,33)/t19-,24+/m0/s1. The van der Waals surface area contributed by atoms with E-state index in [1.54, 1.807) is 28.2 Å². The largest absolute Gasteiger partial charge is 0.376 e. The second-order valence-corrected chi connectivity index (χ2v) is 12.4. The molecule has 196 valence electrons. The number of benzene rings is 1. The van der Waals surface area contributed by atoms with Gasteiger partial charge < -0.3 is 10.1 Å². The minimum absolute atomic E-state index is 0.00317. The molecule has 4 heterocycles. The predicted molar refractivity (Wildman–Crippen MR) is 145 cm³/mol. The Hall–Kier alpha value is -2.69. The smallest absolute Gasteiger partial charge is 0.240 e. The highest BCUT2D eigenvalue weighted by atomic mass is 32.2. The van der Waals surface area contributed by atoms with Crippen LogP contribution in [0.5, 0.6) is 0 Å². The number of carbonyl (C=O) groups is 2. The lowest BCUT2D eigenvalue weighted by atomic mass is 9.88. The van der Waals surface area contributed by atoms with Gasteiger partial charge in [0.15, 0.2) is 0 Å². The third kappa shape index (κ3) is 5.46. The number of aromatic nitrogens is 2. The Balaban J connectivity index is 1.63. The van der Waals surface area contributed by atoms with Crippen molar-refractivity contribution in [2.75, 3.05) is 30.3 Å². The first kappa shape index (κ1) is 25.9. The van der Waals surface area contributed by atoms with Gasteiger partial charge in [0, 0.05) is 29.0 Å². The van der Waals surface area contributed by atoms with Crippen LogP contribution in [0.25, 0.3) is 5.69 Å². The summed E-state index contributed by atoms with van der Waals surface area (Å²) in [6.45, 7) is 7.20. The molecule has 2 aliphatic rings. The molecule has 3 aromatic rings. The normalized spacial score (nSPS) is 20.1. The lowest BCUT2D eigenvalue weighted by Crippen LogP contribution is -2.44. The average molecular weight is 543 g/mol. The maximum absolute atomic E-state index is 14.3. The van der Waals surface area contributed by atoms with Crippen LogP contribution in [-0.2, 0) is 19.7 Å². The van der Waals surface area contributed by atoms with E-state index in [0.717, 1.165) is 29.0 Å². The predicted octanol–water partition coefficient (Wildman–Crippen LogP) is 4.83. The minimum Gasteiger partial charge on any atom is -0.376 e. The molecule has 0 saturated carbocycles. The van der Waals surface area contributed by atoms with Crippen LogP contribution in [0, 0.1) is 5.82 Å². The van der Waals surface area contributed by atoms with Crippen molar-refractivity contribution in [2.45, 2.75) is 50.4 Å². The van der Waals surface area contributed by atoms with Crippen molar-refractivity contribution < 1.29 is 18.7 Å². The van der Waals surface area contributed by atoms with E-state index in [0.29, 0.717) is 24.7 Å². The number of hydrogen-bond donors (Lipinski definition) is 1. The van der Waals surface area contributed by atoms with Gasteiger partial charge in [-0.15, -0.1) is 23.1 Å². The number of nitrogens with zero attached hydrogens (tertiary/aromatic N) is 3. The number of halogens is 1. The topological polar surface area (TPSA) is 76.5 Å². The van der Waals surface area contributed by atoms with Gasteiger partial charge in [-0.3, -0.25) is 14.5 Å². The molecule has 0 bridgehead atoms. The molecule has 1 fully saturated rings. The maximum Gasteiger partial charge on any atom is 0.240 e. The van der Waals surface area contributed by atoms with Gasteiger partial charge in [-0.05, 0) is 42.5 Å². The van der Waals surface area contributed by atoms with Crippen LogP contribution in [0.3, 0.4) is 0 Å². The van der Waals surface area contributed by atoms with Crippen molar-refractivity contribution in [3.63, 3.8) is 0 Å². The number of thiophene rings is 1. The van der Waals surface area contributed by atoms with Crippen LogP contribution in [0.1, 0.15) is 55.0 Å². The van der Waals surface area contributed by atoms with Crippen molar-refractivity contribution in [1.82, 2.24) is 15.1 Å². The molecule has 37 heavy (non-hydrogen) atoms. The first-order chi connectivity index (χ1) is 17.7. The zero-order valence-electron chi connectivity index (χ0n) is 21.2. The summed E-state index contributed by atoms with van der Waals surface area (Å²) < 4.78 is 21.6. The van der Waals surface area contributed by atoms with E-state index < -0.39 is 5.82 Å². The lowest BCUT2D eigenvalue weighted by Gasteiger charge is -2.24. The highest BCUT2D eigenvalue weighted by Crippen LogP contribution is 2.49. The molecule has 0 spiro atoms. The van der Waals surface area contributed by atoms with Gasteiger partial charge in [0.25, 0.3) is 0 Å². The van der Waals surface area contributed by atoms with Gasteiger partial charge in [0.05, 0.1) is 28.5 Å². The highest BCUT2D eigenvalue weighted by molar-refractivity contribution is 8.00. The Kier molecular flexibility index (Phi) is 7.42. The first-order valence-corrected chi connectivity index (χ1v) is 14.4. The number of anilines is 1. The SMILES string of the molecule is CC(C)(C)c1nn(-c2cccc(F)c2)c2c1[C@@H](c1cccs1)SCC(=O)N2CC(=O)NC[C@@H]1CCCO1. The van der Waals surface area contributed by atoms with E-state index >= 15 is 0 Å². The van der Waals surface area contributed by atoms with E-state index in [1.807, 2.05) is 11.4 Å². The summed E-state index contributed by atoms with van der Waals surface area (Å²) in [7, 11) is 0. The average Bonchev–Trinajstić information content (AvgIpc) is 3.61. The molecule has 0 unspecified atom stereocenters. The Morgan fingerprint density at radius 3 is 2.78 bits per heavy atom. The van der Waals surface area contributed by atoms with Gasteiger partial charge in [-0.1, -0.05) is 32.9 Å². The van der Waals surface area contributed by atoms with Crippen molar-refractivity contribution in [1.29, 1.82) is 0 Å². The van der Waals surface area contributed by atoms with Crippen molar-refractivity contribution in [2.24, 2.45) is 0 Å². The van der Waals surface area contributed by atoms with E-state index in [9.17, 15) is 14.0 Å². The molecule has 2 aliphatic heterocycles. The van der Waals surface area contributed by atoms with E-state index in [-0.39, 0.29) is 40.9 Å². The van der Waals surface area contributed by atoms with Gasteiger partial charge in [-0.25, -0.2) is 9.07 Å². The van der Waals surface area contributed by atoms with Crippen LogP contribution in [0.2, 0.25) is 0 Å². The molecule has 5 rings (SSSR count). The molecule has 10 heteroatoms. The summed E-state index contributed by atoms with van der Waals surface area (Å²) in [6, 6.07) is 10.2. The second kappa shape index (κ2) is 10.6. The number of nitrogens with one attached hydrogen (secondary N) is 1. The summed E-state index contributed by atoms with van der Waals surface area (Å²) >= 11 is 3.17. The monoisotopic (exact) mass is 542 g/mol. The fourth-order valence-electron chi connectivity index (χ4n) is 4.76. The van der Waals surface area contributed by atoms with Gasteiger partial charge in [0.2, 0.25) is 11.8 Å². The summed E-state index contributed by atoms with van der Waals surface area (Å²) in [5, 5.41) is 9.79. The molecule has 1 aromatic carbocycles. The second-order valence-electron chi connectivity index (χ2n) is 10.4. The number of rotatable bonds is 6. The number of carbonyl (C=O) groups excluding carboxylic acids is 2. The molecular formula is C27H31FN4O3S2. The first-order valence-electron chi connectivity index (χ1n) is 12.5. The zero-order chi connectivity index (χ0) is 26.2. The third-order valence-electron chi connectivity index (χ3n) is 6.51. The Bertz CT molecular complexity index is 1280. The van der Waals surface area contributed by atoms with Crippen LogP contribution in [-0.4, -0.2) is 53.1 Å². The van der Waals surface area contributed by atoms with Gasteiger partial charge in [-0.2, -0.15) is 5.10 Å². The molecule has 1 N–H and O–H groups in total. The summed E-state index contributed by atoms with van der Waals surface area (Å²) in [5.41, 5.74) is 1.85. The van der Waals surface area contributed by atoms with Gasteiger partial charge >= 0.3 is 0 Å². The fourth-order valence-corrected chi connectivity index (χ4v) is 6.93. The van der Waals surface area contributed by atoms with Crippen LogP contribution in [0.15, 0.2) is 41.8 Å². The Labute approximate surface area is 224 Å². The molecule has 2 atom stereocenters. The Morgan fingerprint density at radius 1 is 1.27 bits per heavy atom. The lowest BCUT2D eigenvalue weighted by molar-refractivity contribution is -0.123. The van der Waals surface area contributed by atoms with E-state index in [2.05, 4.69) is 32.2 Å². The molecule has 0 aliphatic carbocycles. The van der Waals surface area contributed by atoms with E-state index in [4.69, 9.17) is 9.84 Å². The quantitative estimate of drug-likeness (QED) is 0.483. The fraction of sp³-hybridized carbons (Fsp3) is 0.444. The number of thioether (sulfide) groups is 1. The minimum atomic E-state index is -0.399. The summed E-state index contributed by atoms with van der Waals surface area (Å²) in [5.74, 6) is -0.113. The zero-order valence-corrected chi connectivity index (χ0v) is 22.8. The van der Waals surface area contributed by atoms with Crippen LogP contribution >= 0.6 is 23.1 Å². The van der Waals surface area contributed by atoms with Gasteiger partial charge in [0.1, 0.15) is 18.2 Å². The summed E-state index contributed by atoms with van der Waals surface area (Å²) in [4.78, 5) is 29.3. The van der Waals surface area contributed by atoms with Crippen molar-refractivity contribution in [3.05, 3.63) is 63.7 Å². The molecule has 0 radical (unpaired) electrons. The third-order valence-corrected chi connectivity index (χ3v) is 8.83.